The Hall–Kier alpha value is -3.89. The van der Waals surface area contributed by atoms with Gasteiger partial charge in [-0.2, -0.15) is 13.2 Å². The third-order valence-corrected chi connectivity index (χ3v) is 5.44. The number of aromatic amines is 1. The number of rotatable bonds is 9. The van der Waals surface area contributed by atoms with Crippen molar-refractivity contribution in [2.24, 2.45) is 0 Å². The molecule has 0 radical (unpaired) electrons. The lowest BCUT2D eigenvalue weighted by Gasteiger charge is -2.17. The van der Waals surface area contributed by atoms with Crippen LogP contribution in [0.25, 0.3) is 11.4 Å². The highest BCUT2D eigenvalue weighted by Gasteiger charge is 2.30. The molecule has 0 saturated carbocycles. The van der Waals surface area contributed by atoms with E-state index in [-0.39, 0.29) is 30.3 Å². The van der Waals surface area contributed by atoms with Crippen LogP contribution in [0.2, 0.25) is 0 Å². The molecule has 2 aromatic carbocycles. The van der Waals surface area contributed by atoms with Crippen molar-refractivity contribution < 1.29 is 27.4 Å². The van der Waals surface area contributed by atoms with Crippen LogP contribution < -0.4 is 15.0 Å². The second-order valence-electron chi connectivity index (χ2n) is 7.78. The lowest BCUT2D eigenvalue weighted by Crippen LogP contribution is -2.30. The van der Waals surface area contributed by atoms with Gasteiger partial charge in [0.05, 0.1) is 19.8 Å². The van der Waals surface area contributed by atoms with Crippen molar-refractivity contribution in [1.82, 2.24) is 20.1 Å². The minimum atomic E-state index is -4.46. The van der Waals surface area contributed by atoms with E-state index in [4.69, 9.17) is 9.47 Å². The third-order valence-electron chi connectivity index (χ3n) is 5.44. The molecule has 11 heteroatoms. The van der Waals surface area contributed by atoms with Crippen molar-refractivity contribution in [1.29, 1.82) is 0 Å². The average Bonchev–Trinajstić information content (AvgIpc) is 2.85. The van der Waals surface area contributed by atoms with E-state index in [9.17, 15) is 22.8 Å². The van der Waals surface area contributed by atoms with Crippen molar-refractivity contribution >= 4 is 5.91 Å². The highest BCUT2D eigenvalue weighted by Crippen LogP contribution is 2.30. The number of likely N-dealkylation sites (N-methyl/N-ethyl adjacent to an activating group) is 1. The molecular weight excluding hydrogens is 465 g/mol. The summed E-state index contributed by atoms with van der Waals surface area (Å²) < 4.78 is 48.6. The van der Waals surface area contributed by atoms with Gasteiger partial charge in [0, 0.05) is 32.0 Å². The molecule has 35 heavy (non-hydrogen) atoms. The first-order chi connectivity index (χ1) is 16.6. The molecule has 1 N–H and O–H groups in total. The number of halogens is 3. The summed E-state index contributed by atoms with van der Waals surface area (Å²) in [6.07, 6.45) is -3.72. The molecule has 0 fully saturated rings. The fourth-order valence-electron chi connectivity index (χ4n) is 3.34. The minimum Gasteiger partial charge on any atom is -0.493 e. The molecule has 3 aromatic rings. The molecule has 0 unspecified atom stereocenters. The highest BCUT2D eigenvalue weighted by molar-refractivity contribution is 5.76. The van der Waals surface area contributed by atoms with E-state index in [2.05, 4.69) is 15.2 Å². The van der Waals surface area contributed by atoms with Crippen LogP contribution in [0.1, 0.15) is 23.2 Å². The van der Waals surface area contributed by atoms with Crippen LogP contribution in [0, 0.1) is 0 Å². The summed E-state index contributed by atoms with van der Waals surface area (Å²) in [5.74, 6) is 1.11. The molecule has 3 rings (SSSR count). The molecule has 186 valence electrons. The number of hydrogen-bond acceptors (Lipinski definition) is 6. The van der Waals surface area contributed by atoms with E-state index in [0.29, 0.717) is 30.0 Å². The Morgan fingerprint density at radius 2 is 1.69 bits per heavy atom. The maximum atomic E-state index is 12.7. The van der Waals surface area contributed by atoms with Gasteiger partial charge in [-0.15, -0.1) is 10.2 Å². The number of aromatic nitrogens is 3. The van der Waals surface area contributed by atoms with Gasteiger partial charge in [-0.25, -0.2) is 0 Å². The van der Waals surface area contributed by atoms with Crippen molar-refractivity contribution in [3.8, 4) is 22.9 Å². The summed E-state index contributed by atoms with van der Waals surface area (Å²) in [6, 6.07) is 9.77. The van der Waals surface area contributed by atoms with Crippen LogP contribution in [0.3, 0.4) is 0 Å². The standard InChI is InChI=1S/C24H25F3N4O4/c1-31(13-12-15-4-10-19(34-2)20(14-15)35-3)21(32)11-9-18-23(33)28-22(30-29-18)16-5-7-17(8-6-16)24(25,26)27/h4-8,10,14H,9,11-13H2,1-3H3,(H,28,30,33). The molecule has 8 nitrogen and oxygen atoms in total. The normalized spacial score (nSPS) is 11.3. The highest BCUT2D eigenvalue weighted by atomic mass is 19.4. The number of benzene rings is 2. The number of hydrogen-bond donors (Lipinski definition) is 1. The van der Waals surface area contributed by atoms with Crippen molar-refractivity contribution in [3.05, 3.63) is 69.6 Å². The zero-order valence-corrected chi connectivity index (χ0v) is 19.5. The van der Waals surface area contributed by atoms with Gasteiger partial charge in [-0.1, -0.05) is 18.2 Å². The van der Waals surface area contributed by atoms with Crippen LogP contribution in [0.4, 0.5) is 13.2 Å². The van der Waals surface area contributed by atoms with Crippen LogP contribution in [0.5, 0.6) is 11.5 Å². The number of carbonyl (C=O) groups is 1. The summed E-state index contributed by atoms with van der Waals surface area (Å²) in [6.45, 7) is 0.462. The smallest absolute Gasteiger partial charge is 0.416 e. The molecule has 0 saturated heterocycles. The minimum absolute atomic E-state index is 0.0471. The van der Waals surface area contributed by atoms with E-state index < -0.39 is 17.3 Å². The van der Waals surface area contributed by atoms with Crippen LogP contribution in [-0.2, 0) is 23.8 Å². The molecule has 1 amide bonds. The number of methoxy groups -OCH3 is 2. The largest absolute Gasteiger partial charge is 0.493 e. The Morgan fingerprint density at radius 3 is 2.29 bits per heavy atom. The molecule has 0 spiro atoms. The van der Waals surface area contributed by atoms with Crippen molar-refractivity contribution in [2.45, 2.75) is 25.4 Å². The number of H-pyrrole nitrogens is 1. The maximum absolute atomic E-state index is 12.7. The zero-order valence-electron chi connectivity index (χ0n) is 19.5. The fraction of sp³-hybridized carbons (Fsp3) is 0.333. The van der Waals surface area contributed by atoms with E-state index in [1.807, 2.05) is 12.1 Å². The molecular formula is C24H25F3N4O4. The second-order valence-corrected chi connectivity index (χ2v) is 7.78. The van der Waals surface area contributed by atoms with Gasteiger partial charge < -0.3 is 19.4 Å². The number of amides is 1. The van der Waals surface area contributed by atoms with Crippen LogP contribution >= 0.6 is 0 Å². The van der Waals surface area contributed by atoms with Gasteiger partial charge >= 0.3 is 6.18 Å². The summed E-state index contributed by atoms with van der Waals surface area (Å²) in [5, 5.41) is 7.77. The second kappa shape index (κ2) is 11.0. The van der Waals surface area contributed by atoms with Crippen molar-refractivity contribution in [2.75, 3.05) is 27.8 Å². The number of nitrogens with one attached hydrogen (secondary N) is 1. The van der Waals surface area contributed by atoms with Crippen molar-refractivity contribution in [3.63, 3.8) is 0 Å². The van der Waals surface area contributed by atoms with E-state index >= 15 is 0 Å². The Bertz CT molecular complexity index is 1230. The Labute approximate surface area is 199 Å². The van der Waals surface area contributed by atoms with Gasteiger partial charge in [0.1, 0.15) is 5.69 Å². The fourth-order valence-corrected chi connectivity index (χ4v) is 3.34. The number of aryl methyl sites for hydroxylation is 1. The Kier molecular flexibility index (Phi) is 8.10. The number of ether oxygens (including phenoxy) is 2. The van der Waals surface area contributed by atoms with Crippen LogP contribution in [0.15, 0.2) is 47.3 Å². The lowest BCUT2D eigenvalue weighted by molar-refractivity contribution is -0.137. The van der Waals surface area contributed by atoms with Gasteiger partial charge in [-0.05, 0) is 36.2 Å². The van der Waals surface area contributed by atoms with Crippen LogP contribution in [-0.4, -0.2) is 53.8 Å². The monoisotopic (exact) mass is 490 g/mol. The predicted molar refractivity (Wildman–Crippen MR) is 122 cm³/mol. The number of nitrogens with zero attached hydrogens (tertiary/aromatic N) is 3. The number of carbonyl (C=O) groups excluding carboxylic acids is 1. The first-order valence-corrected chi connectivity index (χ1v) is 10.7. The molecule has 0 atom stereocenters. The third kappa shape index (κ3) is 6.58. The molecule has 0 aliphatic carbocycles. The molecule has 0 bridgehead atoms. The summed E-state index contributed by atoms with van der Waals surface area (Å²) in [4.78, 5) is 28.9. The summed E-state index contributed by atoms with van der Waals surface area (Å²) in [5.41, 5.74) is -0.0106. The predicted octanol–water partition coefficient (Wildman–Crippen LogP) is 3.50. The Morgan fingerprint density at radius 1 is 1.00 bits per heavy atom. The topological polar surface area (TPSA) is 97.4 Å². The molecule has 0 aliphatic heterocycles. The zero-order chi connectivity index (χ0) is 25.6. The lowest BCUT2D eigenvalue weighted by atomic mass is 10.1. The summed E-state index contributed by atoms with van der Waals surface area (Å²) in [7, 11) is 4.78. The molecule has 1 aromatic heterocycles. The first-order valence-electron chi connectivity index (χ1n) is 10.7. The van der Waals surface area contributed by atoms with E-state index in [0.717, 1.165) is 17.7 Å². The molecule has 1 heterocycles. The quantitative estimate of drug-likeness (QED) is 0.493. The maximum Gasteiger partial charge on any atom is 0.416 e. The number of alkyl halides is 3. The first kappa shape index (κ1) is 25.7. The van der Waals surface area contributed by atoms with Gasteiger partial charge in [0.2, 0.25) is 5.91 Å². The van der Waals surface area contributed by atoms with Gasteiger partial charge in [0.15, 0.2) is 17.3 Å². The van der Waals surface area contributed by atoms with E-state index in [1.54, 1.807) is 32.2 Å². The van der Waals surface area contributed by atoms with E-state index in [1.165, 1.54) is 12.1 Å². The summed E-state index contributed by atoms with van der Waals surface area (Å²) >= 11 is 0. The Balaban J connectivity index is 1.56. The molecule has 0 aliphatic rings. The van der Waals surface area contributed by atoms with Gasteiger partial charge in [-0.3, -0.25) is 9.59 Å². The van der Waals surface area contributed by atoms with Gasteiger partial charge in [0.25, 0.3) is 5.56 Å². The SMILES string of the molecule is COc1ccc(CCN(C)C(=O)CCc2nnc(-c3ccc(C(F)(F)F)cc3)[nH]c2=O)cc1OC. The average molecular weight is 490 g/mol.